The van der Waals surface area contributed by atoms with E-state index in [0.29, 0.717) is 13.1 Å². The third kappa shape index (κ3) is 10.1. The van der Waals surface area contributed by atoms with Gasteiger partial charge in [0, 0.05) is 24.9 Å². The van der Waals surface area contributed by atoms with Crippen molar-refractivity contribution >= 4 is 12.2 Å². The zero-order chi connectivity index (χ0) is 21.5. The van der Waals surface area contributed by atoms with Gasteiger partial charge in [-0.15, -0.1) is 0 Å². The maximum atomic E-state index is 11.2. The van der Waals surface area contributed by atoms with Gasteiger partial charge in [-0.3, -0.25) is 0 Å². The van der Waals surface area contributed by atoms with Crippen LogP contribution in [0.15, 0.2) is 0 Å². The third-order valence-corrected chi connectivity index (χ3v) is 4.57. The van der Waals surface area contributed by atoms with Gasteiger partial charge in [0.25, 0.3) is 0 Å². The molecular formula is C20H38N2O6. The van der Waals surface area contributed by atoms with Gasteiger partial charge in [0.2, 0.25) is 0 Å². The predicted octanol–water partition coefficient (Wildman–Crippen LogP) is 2.56. The number of carbonyl (C=O) groups is 2. The third-order valence-electron chi connectivity index (χ3n) is 4.57. The molecule has 28 heavy (non-hydrogen) atoms. The Bertz CT molecular complexity index is 466. The molecule has 0 bridgehead atoms. The smallest absolute Gasteiger partial charge is 0.407 e. The van der Waals surface area contributed by atoms with Crippen molar-refractivity contribution in [3.8, 4) is 0 Å². The molecule has 0 aliphatic heterocycles. The molecule has 2 aliphatic rings. The molecule has 0 unspecified atom stereocenters. The summed E-state index contributed by atoms with van der Waals surface area (Å²) in [5.41, 5.74) is -0.912. The molecule has 2 fully saturated rings. The summed E-state index contributed by atoms with van der Waals surface area (Å²) in [6.07, 6.45) is 2.36. The molecule has 4 N–H and O–H groups in total. The van der Waals surface area contributed by atoms with Crippen molar-refractivity contribution in [1.29, 1.82) is 0 Å². The van der Waals surface area contributed by atoms with E-state index in [1.54, 1.807) is 0 Å². The quantitative estimate of drug-likeness (QED) is 0.574. The second kappa shape index (κ2) is 10.3. The van der Waals surface area contributed by atoms with E-state index in [9.17, 15) is 19.8 Å². The SMILES string of the molecule is CC(C)(C)OC(=O)NC[C@@H]1CC[C@H]1O.CC(C)(C)OC(=O)NC[C@H]1CC[C@@H]1O. The minimum absolute atomic E-state index is 0.211. The van der Waals surface area contributed by atoms with Gasteiger partial charge >= 0.3 is 12.2 Å². The Morgan fingerprint density at radius 1 is 0.750 bits per heavy atom. The van der Waals surface area contributed by atoms with E-state index in [1.165, 1.54) is 0 Å². The lowest BCUT2D eigenvalue weighted by molar-refractivity contribution is 0.0175. The van der Waals surface area contributed by atoms with Crippen molar-refractivity contribution in [3.05, 3.63) is 0 Å². The van der Waals surface area contributed by atoms with Crippen LogP contribution in [0.4, 0.5) is 9.59 Å². The first-order valence-corrected chi connectivity index (χ1v) is 10.1. The summed E-state index contributed by atoms with van der Waals surface area (Å²) in [6, 6.07) is 0. The Balaban J connectivity index is 0.000000280. The van der Waals surface area contributed by atoms with Crippen molar-refractivity contribution in [3.63, 3.8) is 0 Å². The second-order valence-corrected chi connectivity index (χ2v) is 9.58. The average molecular weight is 403 g/mol. The summed E-state index contributed by atoms with van der Waals surface area (Å²) < 4.78 is 10.1. The van der Waals surface area contributed by atoms with Gasteiger partial charge in [0.1, 0.15) is 11.2 Å². The molecule has 2 rings (SSSR count). The summed E-state index contributed by atoms with van der Waals surface area (Å²) in [5.74, 6) is 0.421. The van der Waals surface area contributed by atoms with Crippen LogP contribution in [-0.4, -0.2) is 58.9 Å². The first kappa shape index (κ1) is 24.5. The highest BCUT2D eigenvalue weighted by Crippen LogP contribution is 2.26. The fraction of sp³-hybridized carbons (Fsp3) is 0.900. The molecule has 4 atom stereocenters. The number of ether oxygens (including phenoxy) is 2. The highest BCUT2D eigenvalue weighted by molar-refractivity contribution is 5.68. The van der Waals surface area contributed by atoms with Gasteiger partial charge in [-0.05, 0) is 67.2 Å². The molecule has 164 valence electrons. The van der Waals surface area contributed by atoms with Crippen LogP contribution in [0.5, 0.6) is 0 Å². The number of rotatable bonds is 4. The van der Waals surface area contributed by atoms with Crippen LogP contribution in [0.2, 0.25) is 0 Å². The van der Waals surface area contributed by atoms with Gasteiger partial charge in [0.05, 0.1) is 12.2 Å². The highest BCUT2D eigenvalue weighted by Gasteiger charge is 2.30. The van der Waals surface area contributed by atoms with E-state index in [-0.39, 0.29) is 24.0 Å². The molecule has 8 heteroatoms. The van der Waals surface area contributed by atoms with E-state index in [0.717, 1.165) is 25.7 Å². The van der Waals surface area contributed by atoms with E-state index in [1.807, 2.05) is 41.5 Å². The number of aliphatic hydroxyl groups is 2. The lowest BCUT2D eigenvalue weighted by atomic mass is 9.82. The van der Waals surface area contributed by atoms with Crippen LogP contribution in [0.25, 0.3) is 0 Å². The number of nitrogens with one attached hydrogen (secondary N) is 2. The van der Waals surface area contributed by atoms with Crippen LogP contribution in [-0.2, 0) is 9.47 Å². The zero-order valence-corrected chi connectivity index (χ0v) is 18.1. The van der Waals surface area contributed by atoms with E-state index in [4.69, 9.17) is 9.47 Å². The van der Waals surface area contributed by atoms with Crippen LogP contribution in [0, 0.1) is 11.8 Å². The first-order valence-electron chi connectivity index (χ1n) is 10.1. The molecule has 2 aliphatic carbocycles. The number of hydrogen-bond acceptors (Lipinski definition) is 6. The van der Waals surface area contributed by atoms with Gasteiger partial charge in [-0.2, -0.15) is 0 Å². The average Bonchev–Trinajstić information content (AvgIpc) is 2.49. The van der Waals surface area contributed by atoms with Crippen molar-refractivity contribution < 1.29 is 29.3 Å². The zero-order valence-electron chi connectivity index (χ0n) is 18.1. The fourth-order valence-corrected chi connectivity index (χ4v) is 2.64. The van der Waals surface area contributed by atoms with Gasteiger partial charge in [0.15, 0.2) is 0 Å². The van der Waals surface area contributed by atoms with E-state index >= 15 is 0 Å². The summed E-state index contributed by atoms with van der Waals surface area (Å²) in [7, 11) is 0. The van der Waals surface area contributed by atoms with Crippen LogP contribution < -0.4 is 10.6 Å². The Morgan fingerprint density at radius 2 is 1.07 bits per heavy atom. The van der Waals surface area contributed by atoms with Gasteiger partial charge in [-0.25, -0.2) is 9.59 Å². The Kier molecular flexibility index (Phi) is 9.01. The monoisotopic (exact) mass is 402 g/mol. The van der Waals surface area contributed by atoms with Gasteiger partial charge < -0.3 is 30.3 Å². The van der Waals surface area contributed by atoms with Crippen LogP contribution >= 0.6 is 0 Å². The number of amides is 2. The largest absolute Gasteiger partial charge is 0.444 e. The summed E-state index contributed by atoms with van der Waals surface area (Å²) in [4.78, 5) is 22.4. The first-order chi connectivity index (χ1) is 12.8. The number of alkyl carbamates (subject to hydrolysis) is 2. The highest BCUT2D eigenvalue weighted by atomic mass is 16.6. The number of hydrogen-bond donors (Lipinski definition) is 4. The topological polar surface area (TPSA) is 117 Å². The molecule has 2 saturated carbocycles. The normalized spacial score (nSPS) is 26.6. The van der Waals surface area contributed by atoms with Crippen molar-refractivity contribution in [2.24, 2.45) is 11.8 Å². The maximum absolute atomic E-state index is 11.2. The predicted molar refractivity (Wildman–Crippen MR) is 106 cm³/mol. The minimum atomic E-state index is -0.456. The summed E-state index contributed by atoms with van der Waals surface area (Å²) in [5, 5.41) is 23.8. The Hall–Kier alpha value is -1.54. The molecule has 0 aromatic heterocycles. The fourth-order valence-electron chi connectivity index (χ4n) is 2.64. The Labute approximate surface area is 168 Å². The van der Waals surface area contributed by atoms with Crippen molar-refractivity contribution in [2.75, 3.05) is 13.1 Å². The van der Waals surface area contributed by atoms with E-state index < -0.39 is 23.4 Å². The van der Waals surface area contributed by atoms with Crippen LogP contribution in [0.1, 0.15) is 67.2 Å². The molecule has 2 amide bonds. The number of carbonyl (C=O) groups excluding carboxylic acids is 2. The minimum Gasteiger partial charge on any atom is -0.444 e. The van der Waals surface area contributed by atoms with E-state index in [2.05, 4.69) is 10.6 Å². The summed E-state index contributed by atoms with van der Waals surface area (Å²) >= 11 is 0. The molecule has 0 radical (unpaired) electrons. The molecule has 0 aromatic rings. The van der Waals surface area contributed by atoms with Crippen molar-refractivity contribution in [1.82, 2.24) is 10.6 Å². The molecule has 0 aromatic carbocycles. The standard InChI is InChI=1S/2C10H19NO3/c2*1-10(2,3)14-9(13)11-6-7-4-5-8(7)12/h2*7-8,12H,4-6H2,1-3H3,(H,11,13)/t2*7-,8+/m10/s1. The summed E-state index contributed by atoms with van der Waals surface area (Å²) in [6.45, 7) is 12.0. The van der Waals surface area contributed by atoms with Crippen molar-refractivity contribution in [2.45, 2.75) is 90.6 Å². The molecule has 8 nitrogen and oxygen atoms in total. The number of aliphatic hydroxyl groups excluding tert-OH is 2. The molecule has 0 spiro atoms. The lowest BCUT2D eigenvalue weighted by Crippen LogP contribution is -2.42. The molecular weight excluding hydrogens is 364 g/mol. The Morgan fingerprint density at radius 3 is 1.25 bits per heavy atom. The van der Waals surface area contributed by atoms with Crippen LogP contribution in [0.3, 0.4) is 0 Å². The maximum Gasteiger partial charge on any atom is 0.407 e. The second-order valence-electron chi connectivity index (χ2n) is 9.58. The lowest BCUT2D eigenvalue weighted by Gasteiger charge is -2.32. The van der Waals surface area contributed by atoms with Gasteiger partial charge in [-0.1, -0.05) is 0 Å². The molecule has 0 heterocycles. The molecule has 0 saturated heterocycles.